The van der Waals surface area contributed by atoms with Crippen LogP contribution >= 0.6 is 0 Å². The molecule has 3 saturated heterocycles. The van der Waals surface area contributed by atoms with Gasteiger partial charge in [0, 0.05) is 31.6 Å². The molecule has 4 atom stereocenters. The zero-order chi connectivity index (χ0) is 20.7. The van der Waals surface area contributed by atoms with Crippen molar-refractivity contribution >= 4 is 11.9 Å². The van der Waals surface area contributed by atoms with Gasteiger partial charge in [-0.1, -0.05) is 12.1 Å². The Morgan fingerprint density at radius 1 is 1.20 bits per heavy atom. The predicted molar refractivity (Wildman–Crippen MR) is 111 cm³/mol. The molecular weight excluding hydrogens is 383 g/mol. The minimum absolute atomic E-state index is 0.148. The Balaban J connectivity index is 1.46. The van der Waals surface area contributed by atoms with E-state index in [1.807, 2.05) is 12.1 Å². The largest absolute Gasteiger partial charge is 0.497 e. The maximum Gasteiger partial charge on any atom is 0.225 e. The fourth-order valence-electron chi connectivity index (χ4n) is 5.71. The van der Waals surface area contributed by atoms with E-state index < -0.39 is 5.82 Å². The summed E-state index contributed by atoms with van der Waals surface area (Å²) < 4.78 is 18.7. The van der Waals surface area contributed by atoms with Crippen LogP contribution in [0, 0.1) is 17.7 Å². The molecule has 1 aromatic heterocycles. The number of hydrogen-bond donors (Lipinski definition) is 0. The van der Waals surface area contributed by atoms with Gasteiger partial charge in [0.15, 0.2) is 5.82 Å². The number of ether oxygens (including phenoxy) is 1. The normalized spacial score (nSPS) is 28.3. The SMILES string of the molecule is COc1cccc(C[C@H]2[C@H]3C[C@H](CN(c4ncc(F)cn4)C3)[C@@H]3CCCC(=O)N32)c1. The fourth-order valence-corrected chi connectivity index (χ4v) is 5.71. The van der Waals surface area contributed by atoms with E-state index in [1.54, 1.807) is 7.11 Å². The second kappa shape index (κ2) is 7.85. The monoisotopic (exact) mass is 410 g/mol. The van der Waals surface area contributed by atoms with Crippen LogP contribution in [0.1, 0.15) is 31.2 Å². The lowest BCUT2D eigenvalue weighted by Crippen LogP contribution is -2.65. The summed E-state index contributed by atoms with van der Waals surface area (Å²) >= 11 is 0. The number of carbonyl (C=O) groups excluding carboxylic acids is 1. The number of piperidine rings is 3. The number of aromatic nitrogens is 2. The molecule has 0 unspecified atom stereocenters. The van der Waals surface area contributed by atoms with E-state index in [0.717, 1.165) is 44.5 Å². The van der Waals surface area contributed by atoms with Gasteiger partial charge in [0.05, 0.1) is 19.5 Å². The Morgan fingerprint density at radius 3 is 2.80 bits per heavy atom. The first kappa shape index (κ1) is 19.3. The van der Waals surface area contributed by atoms with Crippen LogP contribution in [0.4, 0.5) is 10.3 Å². The molecule has 2 bridgehead atoms. The van der Waals surface area contributed by atoms with Gasteiger partial charge in [0.25, 0.3) is 0 Å². The van der Waals surface area contributed by atoms with Gasteiger partial charge >= 0.3 is 0 Å². The van der Waals surface area contributed by atoms with Gasteiger partial charge in [0.2, 0.25) is 11.9 Å². The van der Waals surface area contributed by atoms with Crippen molar-refractivity contribution in [2.24, 2.45) is 11.8 Å². The van der Waals surface area contributed by atoms with Crippen LogP contribution in [0.5, 0.6) is 5.75 Å². The van der Waals surface area contributed by atoms with Crippen LogP contribution in [0.25, 0.3) is 0 Å². The van der Waals surface area contributed by atoms with Crippen molar-refractivity contribution in [3.8, 4) is 5.75 Å². The van der Waals surface area contributed by atoms with Crippen molar-refractivity contribution in [3.05, 3.63) is 48.0 Å². The van der Waals surface area contributed by atoms with Crippen molar-refractivity contribution in [2.75, 3.05) is 25.1 Å². The lowest BCUT2D eigenvalue weighted by molar-refractivity contribution is -0.148. The van der Waals surface area contributed by atoms with Crippen molar-refractivity contribution in [1.29, 1.82) is 0 Å². The van der Waals surface area contributed by atoms with Crippen molar-refractivity contribution in [2.45, 2.75) is 44.2 Å². The molecule has 0 radical (unpaired) electrons. The number of fused-ring (bicyclic) bond motifs is 4. The van der Waals surface area contributed by atoms with Gasteiger partial charge < -0.3 is 14.5 Å². The summed E-state index contributed by atoms with van der Waals surface area (Å²) in [7, 11) is 1.68. The molecule has 0 N–H and O–H groups in total. The average Bonchev–Trinajstić information content (AvgIpc) is 2.77. The van der Waals surface area contributed by atoms with Gasteiger partial charge in [0.1, 0.15) is 5.75 Å². The molecule has 158 valence electrons. The highest BCUT2D eigenvalue weighted by atomic mass is 19.1. The molecular formula is C23H27FN4O2. The summed E-state index contributed by atoms with van der Waals surface area (Å²) in [5, 5.41) is 0. The lowest BCUT2D eigenvalue weighted by atomic mass is 9.71. The number of carbonyl (C=O) groups is 1. The molecule has 4 heterocycles. The molecule has 3 fully saturated rings. The molecule has 2 aromatic rings. The Labute approximate surface area is 176 Å². The minimum atomic E-state index is -0.420. The Morgan fingerprint density at radius 2 is 2.00 bits per heavy atom. The van der Waals surface area contributed by atoms with Crippen LogP contribution in [-0.2, 0) is 11.2 Å². The standard InChI is InChI=1S/C23H27FN4O2/c1-30-19-5-2-4-15(8-19)9-21-17-10-16(20-6-3-7-22(29)28(20)21)13-27(14-17)23-25-11-18(24)12-26-23/h2,4-5,8,11-12,16-17,20-21H,3,6-7,9-10,13-14H2,1H3/t16-,17+,20+,21+/m1/s1. The molecule has 0 saturated carbocycles. The molecule has 5 rings (SSSR count). The summed E-state index contributed by atoms with van der Waals surface area (Å²) in [6.45, 7) is 1.61. The van der Waals surface area contributed by atoms with Crippen molar-refractivity contribution in [3.63, 3.8) is 0 Å². The summed E-state index contributed by atoms with van der Waals surface area (Å²) in [6, 6.07) is 8.55. The van der Waals surface area contributed by atoms with Crippen LogP contribution < -0.4 is 9.64 Å². The van der Waals surface area contributed by atoms with Crippen LogP contribution in [0.3, 0.4) is 0 Å². The smallest absolute Gasteiger partial charge is 0.225 e. The number of benzene rings is 1. The third-order valence-electron chi connectivity index (χ3n) is 6.97. The molecule has 6 nitrogen and oxygen atoms in total. The third-order valence-corrected chi connectivity index (χ3v) is 6.97. The van der Waals surface area contributed by atoms with E-state index in [2.05, 4.69) is 31.9 Å². The highest BCUT2D eigenvalue weighted by Crippen LogP contribution is 2.43. The zero-order valence-corrected chi connectivity index (χ0v) is 17.2. The molecule has 7 heteroatoms. The van der Waals surface area contributed by atoms with E-state index in [0.29, 0.717) is 30.1 Å². The number of nitrogens with zero attached hydrogens (tertiary/aromatic N) is 4. The van der Waals surface area contributed by atoms with E-state index in [9.17, 15) is 9.18 Å². The van der Waals surface area contributed by atoms with Crippen LogP contribution in [0.15, 0.2) is 36.7 Å². The topological polar surface area (TPSA) is 58.6 Å². The number of hydrogen-bond acceptors (Lipinski definition) is 5. The van der Waals surface area contributed by atoms with Gasteiger partial charge in [-0.25, -0.2) is 14.4 Å². The number of amides is 1. The van der Waals surface area contributed by atoms with Gasteiger partial charge in [-0.05, 0) is 55.2 Å². The molecule has 3 aliphatic rings. The molecule has 0 aliphatic carbocycles. The van der Waals surface area contributed by atoms with E-state index >= 15 is 0 Å². The van der Waals surface area contributed by atoms with E-state index in [1.165, 1.54) is 18.0 Å². The molecule has 1 amide bonds. The highest BCUT2D eigenvalue weighted by Gasteiger charge is 2.49. The number of methoxy groups -OCH3 is 1. The van der Waals surface area contributed by atoms with Gasteiger partial charge in [-0.15, -0.1) is 0 Å². The maximum atomic E-state index is 13.3. The van der Waals surface area contributed by atoms with Crippen LogP contribution in [0.2, 0.25) is 0 Å². The van der Waals surface area contributed by atoms with Crippen molar-refractivity contribution in [1.82, 2.24) is 14.9 Å². The third kappa shape index (κ3) is 3.50. The molecule has 30 heavy (non-hydrogen) atoms. The van der Waals surface area contributed by atoms with Crippen molar-refractivity contribution < 1.29 is 13.9 Å². The minimum Gasteiger partial charge on any atom is -0.497 e. The van der Waals surface area contributed by atoms with Gasteiger partial charge in [-0.3, -0.25) is 4.79 Å². The number of anilines is 1. The Hall–Kier alpha value is -2.70. The highest BCUT2D eigenvalue weighted by molar-refractivity contribution is 5.78. The number of halogens is 1. The second-order valence-corrected chi connectivity index (χ2v) is 8.75. The predicted octanol–water partition coefficient (Wildman–Crippen LogP) is 3.07. The summed E-state index contributed by atoms with van der Waals surface area (Å²) in [5.74, 6) is 2.04. The van der Waals surface area contributed by atoms with E-state index in [-0.39, 0.29) is 12.1 Å². The summed E-state index contributed by atoms with van der Waals surface area (Å²) in [5.41, 5.74) is 1.19. The lowest BCUT2D eigenvalue weighted by Gasteiger charge is -2.56. The Bertz CT molecular complexity index is 922. The van der Waals surface area contributed by atoms with E-state index in [4.69, 9.17) is 4.74 Å². The first-order chi connectivity index (χ1) is 14.6. The average molecular weight is 410 g/mol. The number of rotatable bonds is 4. The summed E-state index contributed by atoms with van der Waals surface area (Å²) in [6.07, 6.45) is 7.05. The second-order valence-electron chi connectivity index (χ2n) is 8.75. The molecule has 0 spiro atoms. The molecule has 3 aliphatic heterocycles. The summed E-state index contributed by atoms with van der Waals surface area (Å²) in [4.78, 5) is 25.8. The van der Waals surface area contributed by atoms with Crippen LogP contribution in [-0.4, -0.2) is 53.1 Å². The first-order valence-electron chi connectivity index (χ1n) is 10.8. The van der Waals surface area contributed by atoms with Gasteiger partial charge in [-0.2, -0.15) is 0 Å². The first-order valence-corrected chi connectivity index (χ1v) is 10.8. The molecule has 1 aromatic carbocycles. The quantitative estimate of drug-likeness (QED) is 0.775. The fraction of sp³-hybridized carbons (Fsp3) is 0.522. The zero-order valence-electron chi connectivity index (χ0n) is 17.2. The Kier molecular flexibility index (Phi) is 5.05. The maximum absolute atomic E-state index is 13.3.